The van der Waals surface area contributed by atoms with Crippen LogP contribution >= 0.6 is 0 Å². The lowest BCUT2D eigenvalue weighted by Crippen LogP contribution is -2.39. The highest BCUT2D eigenvalue weighted by Crippen LogP contribution is 2.35. The van der Waals surface area contributed by atoms with Crippen LogP contribution < -0.4 is 5.32 Å². The zero-order valence-electron chi connectivity index (χ0n) is 18.4. The first-order valence-corrected chi connectivity index (χ1v) is 10.7. The summed E-state index contributed by atoms with van der Waals surface area (Å²) in [6.07, 6.45) is 4.26. The fraction of sp³-hybridized carbons (Fsp3) is 0.250. The molecule has 3 aromatic heterocycles. The Morgan fingerprint density at radius 3 is 2.62 bits per heavy atom. The first-order valence-electron chi connectivity index (χ1n) is 10.7. The Balaban J connectivity index is 1.51. The van der Waals surface area contributed by atoms with Crippen molar-refractivity contribution in [3.63, 3.8) is 0 Å². The molecule has 0 radical (unpaired) electrons. The van der Waals surface area contributed by atoms with Crippen molar-refractivity contribution in [3.8, 4) is 22.6 Å². The number of hydrogen-bond donors (Lipinski definition) is 3. The Hall–Kier alpha value is -3.73. The third-order valence-electron chi connectivity index (χ3n) is 5.44. The van der Waals surface area contributed by atoms with Crippen LogP contribution in [0.1, 0.15) is 19.0 Å². The van der Waals surface area contributed by atoms with E-state index in [9.17, 15) is 9.50 Å². The van der Waals surface area contributed by atoms with Crippen LogP contribution in [0.25, 0.3) is 22.6 Å². The maximum absolute atomic E-state index is 13.6. The van der Waals surface area contributed by atoms with Crippen LogP contribution in [0.3, 0.4) is 0 Å². The van der Waals surface area contributed by atoms with Gasteiger partial charge in [0.15, 0.2) is 5.82 Å². The molecule has 10 heteroatoms. The molecule has 34 heavy (non-hydrogen) atoms. The molecule has 0 atom stereocenters. The fourth-order valence-corrected chi connectivity index (χ4v) is 3.52. The zero-order chi connectivity index (χ0) is 23.5. The van der Waals surface area contributed by atoms with Crippen molar-refractivity contribution in [3.05, 3.63) is 72.7 Å². The van der Waals surface area contributed by atoms with Gasteiger partial charge in [-0.3, -0.25) is 4.98 Å². The van der Waals surface area contributed by atoms with Gasteiger partial charge in [-0.2, -0.15) is 0 Å². The van der Waals surface area contributed by atoms with Crippen LogP contribution in [0.2, 0.25) is 0 Å². The number of rotatable bonds is 6. The van der Waals surface area contributed by atoms with Gasteiger partial charge in [-0.15, -0.1) is 0 Å². The lowest BCUT2D eigenvalue weighted by atomic mass is 9.94. The molecular formula is C24H23FN6O3. The number of ether oxygens (including phenoxy) is 2. The van der Waals surface area contributed by atoms with E-state index in [-0.39, 0.29) is 12.4 Å². The summed E-state index contributed by atoms with van der Waals surface area (Å²) in [7, 11) is 0. The van der Waals surface area contributed by atoms with Gasteiger partial charge in [0.05, 0.1) is 48.8 Å². The Kier molecular flexibility index (Phi) is 6.01. The Bertz CT molecular complexity index is 1260. The molecule has 3 N–H and O–H groups in total. The molecule has 0 aliphatic carbocycles. The van der Waals surface area contributed by atoms with Crippen LogP contribution in [0, 0.1) is 11.2 Å². The highest BCUT2D eigenvalue weighted by atomic mass is 19.1. The second kappa shape index (κ2) is 9.26. The zero-order valence-corrected chi connectivity index (χ0v) is 18.4. The van der Waals surface area contributed by atoms with Crippen LogP contribution in [0.5, 0.6) is 0 Å². The van der Waals surface area contributed by atoms with Crippen molar-refractivity contribution in [1.29, 1.82) is 0 Å². The molecular weight excluding hydrogens is 439 g/mol. The lowest BCUT2D eigenvalue weighted by Gasteiger charge is -2.35. The molecule has 0 saturated carbocycles. The number of aromatic amines is 1. The minimum absolute atomic E-state index is 0.0440. The van der Waals surface area contributed by atoms with E-state index in [0.29, 0.717) is 47.6 Å². The summed E-state index contributed by atoms with van der Waals surface area (Å²) in [5.41, 5.74) is 2.75. The lowest BCUT2D eigenvalue weighted by molar-refractivity contribution is -0.239. The molecule has 1 aliphatic rings. The van der Waals surface area contributed by atoms with Crippen LogP contribution in [-0.2, 0) is 9.47 Å². The largest absolute Gasteiger partial charge is 0.396 e. The molecule has 174 valence electrons. The molecule has 1 saturated heterocycles. The molecule has 1 aromatic carbocycles. The number of nitrogens with one attached hydrogen (secondary N) is 2. The molecule has 0 spiro atoms. The van der Waals surface area contributed by atoms with Crippen molar-refractivity contribution in [2.24, 2.45) is 5.41 Å². The van der Waals surface area contributed by atoms with E-state index < -0.39 is 11.7 Å². The van der Waals surface area contributed by atoms with Crippen LogP contribution in [0.15, 0.2) is 61.1 Å². The third-order valence-corrected chi connectivity index (χ3v) is 5.44. The third kappa shape index (κ3) is 4.65. The second-order valence-electron chi connectivity index (χ2n) is 8.41. The van der Waals surface area contributed by atoms with Crippen molar-refractivity contribution >= 4 is 11.6 Å². The molecule has 0 bridgehead atoms. The normalized spacial score (nSPS) is 20.3. The van der Waals surface area contributed by atoms with Gasteiger partial charge in [0.2, 0.25) is 12.2 Å². The monoisotopic (exact) mass is 462 g/mol. The van der Waals surface area contributed by atoms with Gasteiger partial charge in [0.1, 0.15) is 5.82 Å². The van der Waals surface area contributed by atoms with Gasteiger partial charge >= 0.3 is 0 Å². The molecule has 9 nitrogen and oxygen atoms in total. The number of aliphatic hydroxyl groups is 1. The first kappa shape index (κ1) is 22.1. The minimum atomic E-state index is -0.734. The summed E-state index contributed by atoms with van der Waals surface area (Å²) >= 11 is 0. The summed E-state index contributed by atoms with van der Waals surface area (Å²) in [5, 5.41) is 12.7. The number of aliphatic hydroxyl groups excluding tert-OH is 1. The average Bonchev–Trinajstić information content (AvgIpc) is 3.31. The Labute approximate surface area is 195 Å². The number of hydrogen-bond acceptors (Lipinski definition) is 8. The molecule has 0 amide bonds. The van der Waals surface area contributed by atoms with Crippen molar-refractivity contribution in [2.45, 2.75) is 13.2 Å². The molecule has 4 heterocycles. The number of nitrogens with zero attached hydrogens (tertiary/aromatic N) is 4. The number of halogens is 1. The first-order chi connectivity index (χ1) is 16.5. The van der Waals surface area contributed by atoms with Crippen LogP contribution in [0.4, 0.5) is 16.0 Å². The van der Waals surface area contributed by atoms with Gasteiger partial charge in [-0.25, -0.2) is 19.3 Å². The molecule has 0 unspecified atom stereocenters. The van der Waals surface area contributed by atoms with Gasteiger partial charge in [0.25, 0.3) is 0 Å². The van der Waals surface area contributed by atoms with Crippen molar-refractivity contribution in [2.75, 3.05) is 25.1 Å². The highest BCUT2D eigenvalue weighted by molar-refractivity contribution is 5.77. The molecule has 4 aromatic rings. The van der Waals surface area contributed by atoms with Gasteiger partial charge in [-0.1, -0.05) is 6.92 Å². The molecule has 1 aliphatic heterocycles. The number of imidazole rings is 1. The number of aromatic nitrogens is 5. The van der Waals surface area contributed by atoms with E-state index in [0.717, 1.165) is 5.69 Å². The predicted molar refractivity (Wildman–Crippen MR) is 122 cm³/mol. The minimum Gasteiger partial charge on any atom is -0.396 e. The predicted octanol–water partition coefficient (Wildman–Crippen LogP) is 3.86. The molecule has 1 fully saturated rings. The second-order valence-corrected chi connectivity index (χ2v) is 8.41. The summed E-state index contributed by atoms with van der Waals surface area (Å²) in [5.74, 6) is 0.499. The van der Waals surface area contributed by atoms with Gasteiger partial charge < -0.3 is 24.9 Å². The highest BCUT2D eigenvalue weighted by Gasteiger charge is 2.34. The molecule has 5 rings (SSSR count). The smallest absolute Gasteiger partial charge is 0.227 e. The van der Waals surface area contributed by atoms with Crippen LogP contribution in [-0.4, -0.2) is 49.8 Å². The van der Waals surface area contributed by atoms with E-state index in [1.54, 1.807) is 36.8 Å². The summed E-state index contributed by atoms with van der Waals surface area (Å²) < 4.78 is 25.3. The number of benzene rings is 1. The Morgan fingerprint density at radius 1 is 1.12 bits per heavy atom. The average molecular weight is 462 g/mol. The Morgan fingerprint density at radius 2 is 1.91 bits per heavy atom. The summed E-state index contributed by atoms with van der Waals surface area (Å²) in [4.78, 5) is 21.0. The summed E-state index contributed by atoms with van der Waals surface area (Å²) in [6, 6.07) is 11.5. The number of H-pyrrole nitrogens is 1. The van der Waals surface area contributed by atoms with E-state index in [2.05, 4.69) is 25.3 Å². The standard InChI is InChI=1S/C24H23FN6O3/c1-24(12-32)13-33-22(34-14-24)21-30-19(15-4-6-16(25)7-5-15)20(31-21)18-8-10-27-23(29-18)28-17-3-2-9-26-11-17/h2-11,22,32H,12-14H2,1H3,(H,30,31)(H,27,28,29). The quantitative estimate of drug-likeness (QED) is 0.395. The van der Waals surface area contributed by atoms with E-state index in [4.69, 9.17) is 14.5 Å². The van der Waals surface area contributed by atoms with Gasteiger partial charge in [0, 0.05) is 23.4 Å². The summed E-state index contributed by atoms with van der Waals surface area (Å²) in [6.45, 7) is 2.49. The van der Waals surface area contributed by atoms with Crippen molar-refractivity contribution < 1.29 is 19.0 Å². The van der Waals surface area contributed by atoms with Gasteiger partial charge in [-0.05, 0) is 42.5 Å². The topological polar surface area (TPSA) is 118 Å². The van der Waals surface area contributed by atoms with E-state index in [1.807, 2.05) is 19.1 Å². The number of anilines is 2. The van der Waals surface area contributed by atoms with E-state index in [1.165, 1.54) is 12.1 Å². The maximum atomic E-state index is 13.6. The number of pyridine rings is 1. The van der Waals surface area contributed by atoms with Crippen molar-refractivity contribution in [1.82, 2.24) is 24.9 Å². The fourth-order valence-electron chi connectivity index (χ4n) is 3.52. The SMILES string of the molecule is CC1(CO)COC(c2nc(-c3ccc(F)cc3)c(-c3ccnc(Nc4cccnc4)n3)[nH]2)OC1. The van der Waals surface area contributed by atoms with E-state index >= 15 is 0 Å². The maximum Gasteiger partial charge on any atom is 0.227 e.